The van der Waals surface area contributed by atoms with Crippen molar-refractivity contribution in [3.05, 3.63) is 93.4 Å². The Morgan fingerprint density at radius 3 is 2.41 bits per heavy atom. The maximum absolute atomic E-state index is 13.1. The lowest BCUT2D eigenvalue weighted by Gasteiger charge is -2.15. The number of benzene rings is 2. The first-order valence-electron chi connectivity index (χ1n) is 8.70. The second-order valence-corrected chi connectivity index (χ2v) is 6.38. The third-order valence-corrected chi connectivity index (χ3v) is 4.47. The van der Waals surface area contributed by atoms with Crippen molar-refractivity contribution in [2.24, 2.45) is 0 Å². The lowest BCUT2D eigenvalue weighted by Crippen LogP contribution is -2.32. The smallest absolute Gasteiger partial charge is 0.264 e. The van der Waals surface area contributed by atoms with Gasteiger partial charge in [0.05, 0.1) is 19.3 Å². The fraction of sp³-hybridized carbons (Fsp3) is 0.182. The van der Waals surface area contributed by atoms with E-state index in [-0.39, 0.29) is 11.1 Å². The van der Waals surface area contributed by atoms with Gasteiger partial charge in [-0.1, -0.05) is 42.5 Å². The van der Waals surface area contributed by atoms with Crippen molar-refractivity contribution in [3.63, 3.8) is 0 Å². The Kier molecular flexibility index (Phi) is 5.41. The Bertz CT molecular complexity index is 1020. The van der Waals surface area contributed by atoms with Crippen LogP contribution in [0.25, 0.3) is 0 Å². The molecule has 0 fully saturated rings. The standard InChI is InChI=1S/C22H22N2O3/c1-15-13-16(2)24(14-17-9-5-4-6-10-17)22(26)20(15)21(25)23-18-11-7-8-12-19(18)27-3/h4-13H,14H2,1-3H3,(H,23,25). The van der Waals surface area contributed by atoms with Crippen LogP contribution >= 0.6 is 0 Å². The molecule has 0 bridgehead atoms. The number of nitrogens with zero attached hydrogens (tertiary/aromatic N) is 1. The molecule has 138 valence electrons. The molecular weight excluding hydrogens is 340 g/mol. The van der Waals surface area contributed by atoms with Gasteiger partial charge in [-0.25, -0.2) is 0 Å². The molecule has 0 saturated carbocycles. The predicted octanol–water partition coefficient (Wildman–Crippen LogP) is 3.77. The number of amides is 1. The molecule has 1 amide bonds. The van der Waals surface area contributed by atoms with Crippen LogP contribution < -0.4 is 15.6 Å². The van der Waals surface area contributed by atoms with Gasteiger partial charge >= 0.3 is 0 Å². The van der Waals surface area contributed by atoms with Crippen molar-refractivity contribution in [2.75, 3.05) is 12.4 Å². The maximum Gasteiger partial charge on any atom is 0.264 e. The van der Waals surface area contributed by atoms with E-state index in [4.69, 9.17) is 4.74 Å². The van der Waals surface area contributed by atoms with Gasteiger partial charge in [-0.3, -0.25) is 9.59 Å². The zero-order chi connectivity index (χ0) is 19.4. The van der Waals surface area contributed by atoms with Gasteiger partial charge in [-0.05, 0) is 43.2 Å². The first kappa shape index (κ1) is 18.5. The molecule has 5 heteroatoms. The molecule has 0 unspecified atom stereocenters. The van der Waals surface area contributed by atoms with Crippen molar-refractivity contribution in [1.82, 2.24) is 4.57 Å². The summed E-state index contributed by atoms with van der Waals surface area (Å²) < 4.78 is 6.89. The van der Waals surface area contributed by atoms with Gasteiger partial charge in [-0.15, -0.1) is 0 Å². The van der Waals surface area contributed by atoms with Crippen LogP contribution in [0.3, 0.4) is 0 Å². The largest absolute Gasteiger partial charge is 0.495 e. The summed E-state index contributed by atoms with van der Waals surface area (Å²) in [6, 6.07) is 18.7. The summed E-state index contributed by atoms with van der Waals surface area (Å²) in [5.74, 6) is 0.101. The highest BCUT2D eigenvalue weighted by Gasteiger charge is 2.19. The molecule has 0 saturated heterocycles. The number of aromatic nitrogens is 1. The number of para-hydroxylation sites is 2. The molecular formula is C22H22N2O3. The van der Waals surface area contributed by atoms with Crippen molar-refractivity contribution >= 4 is 11.6 Å². The van der Waals surface area contributed by atoms with E-state index in [1.165, 1.54) is 7.11 Å². The normalized spacial score (nSPS) is 10.5. The number of ether oxygens (including phenoxy) is 1. The topological polar surface area (TPSA) is 60.3 Å². The van der Waals surface area contributed by atoms with Crippen LogP contribution in [0.2, 0.25) is 0 Å². The molecule has 3 rings (SSSR count). The number of anilines is 1. The van der Waals surface area contributed by atoms with E-state index in [1.54, 1.807) is 29.7 Å². The van der Waals surface area contributed by atoms with Crippen molar-refractivity contribution in [1.29, 1.82) is 0 Å². The van der Waals surface area contributed by atoms with Crippen molar-refractivity contribution in [3.8, 4) is 5.75 Å². The molecule has 0 spiro atoms. The maximum atomic E-state index is 13.1. The zero-order valence-electron chi connectivity index (χ0n) is 15.7. The van der Waals surface area contributed by atoms with Crippen LogP contribution in [-0.4, -0.2) is 17.6 Å². The summed E-state index contributed by atoms with van der Waals surface area (Å²) in [4.78, 5) is 25.9. The van der Waals surface area contributed by atoms with Crippen molar-refractivity contribution in [2.45, 2.75) is 20.4 Å². The van der Waals surface area contributed by atoms with Gasteiger partial charge in [0.25, 0.3) is 11.5 Å². The predicted molar refractivity (Wildman–Crippen MR) is 107 cm³/mol. The van der Waals surface area contributed by atoms with Crippen LogP contribution in [-0.2, 0) is 6.54 Å². The Morgan fingerprint density at radius 1 is 1.04 bits per heavy atom. The second-order valence-electron chi connectivity index (χ2n) is 6.38. The highest BCUT2D eigenvalue weighted by molar-refractivity contribution is 6.05. The summed E-state index contributed by atoms with van der Waals surface area (Å²) >= 11 is 0. The third-order valence-electron chi connectivity index (χ3n) is 4.47. The average Bonchev–Trinajstić information content (AvgIpc) is 2.66. The number of pyridine rings is 1. The number of hydrogen-bond donors (Lipinski definition) is 1. The molecule has 1 heterocycles. The van der Waals surface area contributed by atoms with Crippen LogP contribution in [0.15, 0.2) is 65.5 Å². The number of carbonyl (C=O) groups excluding carboxylic acids is 1. The van der Waals surface area contributed by atoms with Crippen molar-refractivity contribution < 1.29 is 9.53 Å². The lowest BCUT2D eigenvalue weighted by atomic mass is 10.1. The minimum atomic E-state index is -0.441. The molecule has 27 heavy (non-hydrogen) atoms. The van der Waals surface area contributed by atoms with E-state index in [9.17, 15) is 9.59 Å². The molecule has 0 radical (unpaired) electrons. The fourth-order valence-electron chi connectivity index (χ4n) is 3.10. The number of hydrogen-bond acceptors (Lipinski definition) is 3. The molecule has 0 aliphatic carbocycles. The third kappa shape index (κ3) is 3.92. The van der Waals surface area contributed by atoms with Gasteiger partial charge in [-0.2, -0.15) is 0 Å². The van der Waals surface area contributed by atoms with E-state index >= 15 is 0 Å². The lowest BCUT2D eigenvalue weighted by molar-refractivity contribution is 0.102. The molecule has 5 nitrogen and oxygen atoms in total. The second kappa shape index (κ2) is 7.91. The van der Waals surface area contributed by atoms with E-state index < -0.39 is 5.91 Å². The highest BCUT2D eigenvalue weighted by Crippen LogP contribution is 2.23. The van der Waals surface area contributed by atoms with Gasteiger partial charge in [0.15, 0.2) is 0 Å². The number of aryl methyl sites for hydroxylation is 2. The number of methoxy groups -OCH3 is 1. The van der Waals surface area contributed by atoms with Crippen LogP contribution in [0, 0.1) is 13.8 Å². The molecule has 0 atom stereocenters. The highest BCUT2D eigenvalue weighted by atomic mass is 16.5. The summed E-state index contributed by atoms with van der Waals surface area (Å²) in [5, 5.41) is 2.79. The van der Waals surface area contributed by atoms with Gasteiger partial charge < -0.3 is 14.6 Å². The minimum Gasteiger partial charge on any atom is -0.495 e. The van der Waals surface area contributed by atoms with E-state index in [0.717, 1.165) is 11.3 Å². The van der Waals surface area contributed by atoms with Crippen LogP contribution in [0.1, 0.15) is 27.2 Å². The minimum absolute atomic E-state index is 0.141. The number of nitrogens with one attached hydrogen (secondary N) is 1. The van der Waals surface area contributed by atoms with Gasteiger partial charge in [0.2, 0.25) is 0 Å². The SMILES string of the molecule is COc1ccccc1NC(=O)c1c(C)cc(C)n(Cc2ccccc2)c1=O. The van der Waals surface area contributed by atoms with Gasteiger partial charge in [0, 0.05) is 5.69 Å². The van der Waals surface area contributed by atoms with Gasteiger partial charge in [0.1, 0.15) is 11.3 Å². The number of rotatable bonds is 5. The molecule has 1 N–H and O–H groups in total. The van der Waals surface area contributed by atoms with Crippen LogP contribution in [0.5, 0.6) is 5.75 Å². The Balaban J connectivity index is 1.99. The zero-order valence-corrected chi connectivity index (χ0v) is 15.7. The van der Waals surface area contributed by atoms with E-state index in [2.05, 4.69) is 5.32 Å². The summed E-state index contributed by atoms with van der Waals surface area (Å²) in [6.07, 6.45) is 0. The summed E-state index contributed by atoms with van der Waals surface area (Å²) in [5.41, 5.74) is 2.83. The van der Waals surface area contributed by atoms with E-state index in [0.29, 0.717) is 23.5 Å². The quantitative estimate of drug-likeness (QED) is 0.751. The number of carbonyl (C=O) groups is 1. The monoisotopic (exact) mass is 362 g/mol. The summed E-state index contributed by atoms with van der Waals surface area (Å²) in [6.45, 7) is 4.07. The Hall–Kier alpha value is -3.34. The Morgan fingerprint density at radius 2 is 1.70 bits per heavy atom. The molecule has 3 aromatic rings. The van der Waals surface area contributed by atoms with E-state index in [1.807, 2.05) is 49.4 Å². The fourth-order valence-corrected chi connectivity index (χ4v) is 3.10. The molecule has 0 aliphatic rings. The Labute approximate surface area is 158 Å². The molecule has 1 aromatic heterocycles. The molecule has 2 aromatic carbocycles. The molecule has 0 aliphatic heterocycles. The average molecular weight is 362 g/mol. The first-order valence-corrected chi connectivity index (χ1v) is 8.70. The summed E-state index contributed by atoms with van der Waals surface area (Å²) in [7, 11) is 1.54. The first-order chi connectivity index (χ1) is 13.0. The van der Waals surface area contributed by atoms with Crippen LogP contribution in [0.4, 0.5) is 5.69 Å².